The minimum atomic E-state index is 0.492. The molecular weight excluding hydrogens is 234 g/mol. The number of nitrogens with one attached hydrogen (secondary N) is 1. The monoisotopic (exact) mass is 263 g/mol. The van der Waals surface area contributed by atoms with E-state index < -0.39 is 0 Å². The summed E-state index contributed by atoms with van der Waals surface area (Å²) in [6.07, 6.45) is 8.59. The second-order valence-electron chi connectivity index (χ2n) is 6.03. The van der Waals surface area contributed by atoms with Gasteiger partial charge in [0.1, 0.15) is 0 Å². The van der Waals surface area contributed by atoms with Gasteiger partial charge in [0.15, 0.2) is 0 Å². The first-order chi connectivity index (χ1) is 9.26. The molecule has 1 aromatic heterocycles. The molecule has 3 nitrogen and oxygen atoms in total. The van der Waals surface area contributed by atoms with Crippen LogP contribution in [-0.4, -0.2) is 16.3 Å². The predicted molar refractivity (Wildman–Crippen MR) is 80.1 cm³/mol. The van der Waals surface area contributed by atoms with Crippen LogP contribution in [0.1, 0.15) is 64.6 Å². The molecule has 1 unspecified atom stereocenters. The lowest BCUT2D eigenvalue weighted by molar-refractivity contribution is 0.226. The normalized spacial score (nSPS) is 25.4. The maximum atomic E-state index is 4.50. The highest BCUT2D eigenvalue weighted by Gasteiger charge is 2.28. The van der Waals surface area contributed by atoms with Crippen molar-refractivity contribution in [2.45, 2.75) is 65.5 Å². The number of aryl methyl sites for hydroxylation is 1. The minimum Gasteiger partial charge on any atom is -0.309 e. The summed E-state index contributed by atoms with van der Waals surface area (Å²) in [5, 5.41) is 8.20. The van der Waals surface area contributed by atoms with Crippen LogP contribution in [-0.2, 0) is 6.54 Å². The Bertz CT molecular complexity index is 364. The summed E-state index contributed by atoms with van der Waals surface area (Å²) in [7, 11) is 0. The summed E-state index contributed by atoms with van der Waals surface area (Å²) in [6.45, 7) is 8.89. The van der Waals surface area contributed by atoms with Crippen LogP contribution in [0.25, 0.3) is 0 Å². The van der Waals surface area contributed by atoms with E-state index in [-0.39, 0.29) is 0 Å². The van der Waals surface area contributed by atoms with E-state index in [4.69, 9.17) is 0 Å². The molecule has 2 rings (SSSR count). The van der Waals surface area contributed by atoms with E-state index in [2.05, 4.69) is 41.9 Å². The highest BCUT2D eigenvalue weighted by Crippen LogP contribution is 2.36. The molecule has 1 N–H and O–H groups in total. The van der Waals surface area contributed by atoms with Gasteiger partial charge in [0.05, 0.1) is 11.7 Å². The molecule has 1 aromatic rings. The number of aromatic nitrogens is 2. The zero-order chi connectivity index (χ0) is 13.7. The Hall–Kier alpha value is -0.830. The molecule has 1 atom stereocenters. The molecule has 1 heterocycles. The van der Waals surface area contributed by atoms with Crippen LogP contribution < -0.4 is 5.32 Å². The Morgan fingerprint density at radius 2 is 2.05 bits per heavy atom. The Kier molecular flexibility index (Phi) is 5.44. The molecule has 1 saturated carbocycles. The van der Waals surface area contributed by atoms with Crippen molar-refractivity contribution in [1.82, 2.24) is 15.1 Å². The SMILES string of the molecule is CCCn1nccc1C(NCC)C1CCC(C)CC1. The van der Waals surface area contributed by atoms with Gasteiger partial charge in [-0.1, -0.05) is 33.6 Å². The Labute approximate surface area is 117 Å². The lowest BCUT2D eigenvalue weighted by atomic mass is 9.78. The fourth-order valence-corrected chi connectivity index (χ4v) is 3.36. The van der Waals surface area contributed by atoms with E-state index in [9.17, 15) is 0 Å². The number of hydrogen-bond acceptors (Lipinski definition) is 2. The molecule has 108 valence electrons. The fourth-order valence-electron chi connectivity index (χ4n) is 3.36. The van der Waals surface area contributed by atoms with Gasteiger partial charge < -0.3 is 5.32 Å². The van der Waals surface area contributed by atoms with Crippen LogP contribution >= 0.6 is 0 Å². The largest absolute Gasteiger partial charge is 0.309 e. The zero-order valence-corrected chi connectivity index (χ0v) is 12.7. The third-order valence-electron chi connectivity index (χ3n) is 4.46. The molecule has 0 spiro atoms. The fraction of sp³-hybridized carbons (Fsp3) is 0.812. The third-order valence-corrected chi connectivity index (χ3v) is 4.46. The molecule has 3 heteroatoms. The van der Waals surface area contributed by atoms with Crippen LogP contribution in [0.2, 0.25) is 0 Å². The van der Waals surface area contributed by atoms with Gasteiger partial charge in [-0.15, -0.1) is 0 Å². The van der Waals surface area contributed by atoms with Crippen LogP contribution in [0.5, 0.6) is 0 Å². The van der Waals surface area contributed by atoms with Crippen molar-refractivity contribution < 1.29 is 0 Å². The first-order valence-corrected chi connectivity index (χ1v) is 8.01. The maximum absolute atomic E-state index is 4.50. The summed E-state index contributed by atoms with van der Waals surface area (Å²) in [5.41, 5.74) is 1.39. The van der Waals surface area contributed by atoms with Gasteiger partial charge >= 0.3 is 0 Å². The first kappa shape index (κ1) is 14.6. The molecule has 0 aromatic carbocycles. The Morgan fingerprint density at radius 3 is 2.68 bits per heavy atom. The topological polar surface area (TPSA) is 29.9 Å². The van der Waals surface area contributed by atoms with Crippen molar-refractivity contribution in [3.8, 4) is 0 Å². The second kappa shape index (κ2) is 7.09. The molecule has 0 bridgehead atoms. The van der Waals surface area contributed by atoms with E-state index in [1.54, 1.807) is 0 Å². The average molecular weight is 263 g/mol. The van der Waals surface area contributed by atoms with Crippen LogP contribution in [0.15, 0.2) is 12.3 Å². The van der Waals surface area contributed by atoms with E-state index in [0.717, 1.165) is 31.3 Å². The predicted octanol–water partition coefficient (Wildman–Crippen LogP) is 3.77. The average Bonchev–Trinajstić information content (AvgIpc) is 2.86. The Balaban J connectivity index is 2.12. The van der Waals surface area contributed by atoms with Gasteiger partial charge in [0, 0.05) is 12.7 Å². The van der Waals surface area contributed by atoms with Gasteiger partial charge in [-0.3, -0.25) is 4.68 Å². The summed E-state index contributed by atoms with van der Waals surface area (Å²) in [4.78, 5) is 0. The van der Waals surface area contributed by atoms with Crippen LogP contribution in [0.3, 0.4) is 0 Å². The highest BCUT2D eigenvalue weighted by molar-refractivity contribution is 5.09. The quantitative estimate of drug-likeness (QED) is 0.846. The zero-order valence-electron chi connectivity index (χ0n) is 12.7. The number of nitrogens with zero attached hydrogens (tertiary/aromatic N) is 2. The second-order valence-corrected chi connectivity index (χ2v) is 6.03. The van der Waals surface area contributed by atoms with Crippen molar-refractivity contribution >= 4 is 0 Å². The van der Waals surface area contributed by atoms with Crippen molar-refractivity contribution in [3.63, 3.8) is 0 Å². The summed E-state index contributed by atoms with van der Waals surface area (Å²) < 4.78 is 2.20. The lowest BCUT2D eigenvalue weighted by Crippen LogP contribution is -2.32. The van der Waals surface area contributed by atoms with Crippen LogP contribution in [0.4, 0.5) is 0 Å². The van der Waals surface area contributed by atoms with E-state index >= 15 is 0 Å². The summed E-state index contributed by atoms with van der Waals surface area (Å²) >= 11 is 0. The third kappa shape index (κ3) is 3.59. The molecule has 0 amide bonds. The summed E-state index contributed by atoms with van der Waals surface area (Å²) in [6, 6.07) is 2.70. The lowest BCUT2D eigenvalue weighted by Gasteiger charge is -2.33. The van der Waals surface area contributed by atoms with E-state index in [1.165, 1.54) is 31.4 Å². The number of rotatable bonds is 6. The molecule has 0 aliphatic heterocycles. The van der Waals surface area contributed by atoms with Crippen molar-refractivity contribution in [2.24, 2.45) is 11.8 Å². The maximum Gasteiger partial charge on any atom is 0.0556 e. The first-order valence-electron chi connectivity index (χ1n) is 8.01. The van der Waals surface area contributed by atoms with Gasteiger partial charge in [0.25, 0.3) is 0 Å². The molecular formula is C16H29N3. The van der Waals surface area contributed by atoms with Crippen molar-refractivity contribution in [2.75, 3.05) is 6.54 Å². The van der Waals surface area contributed by atoms with Gasteiger partial charge in [-0.25, -0.2) is 0 Å². The number of hydrogen-bond donors (Lipinski definition) is 1. The molecule has 1 aliphatic rings. The highest BCUT2D eigenvalue weighted by atomic mass is 15.3. The smallest absolute Gasteiger partial charge is 0.0556 e. The van der Waals surface area contributed by atoms with Crippen molar-refractivity contribution in [3.05, 3.63) is 18.0 Å². The van der Waals surface area contributed by atoms with Crippen molar-refractivity contribution in [1.29, 1.82) is 0 Å². The van der Waals surface area contributed by atoms with Gasteiger partial charge in [-0.2, -0.15) is 5.10 Å². The Morgan fingerprint density at radius 1 is 1.32 bits per heavy atom. The molecule has 1 fully saturated rings. The molecule has 1 aliphatic carbocycles. The minimum absolute atomic E-state index is 0.492. The van der Waals surface area contributed by atoms with E-state index in [0.29, 0.717) is 6.04 Å². The molecule has 0 radical (unpaired) electrons. The van der Waals surface area contributed by atoms with E-state index in [1.807, 2.05) is 6.20 Å². The standard InChI is InChI=1S/C16H29N3/c1-4-12-19-15(10-11-18-19)16(17-5-2)14-8-6-13(3)7-9-14/h10-11,13-14,16-17H,4-9,12H2,1-3H3. The van der Waals surface area contributed by atoms with Crippen LogP contribution in [0, 0.1) is 11.8 Å². The summed E-state index contributed by atoms with van der Waals surface area (Å²) in [5.74, 6) is 1.70. The molecule has 0 saturated heterocycles. The van der Waals surface area contributed by atoms with Gasteiger partial charge in [0.2, 0.25) is 0 Å². The van der Waals surface area contributed by atoms with Gasteiger partial charge in [-0.05, 0) is 43.7 Å². The molecule has 19 heavy (non-hydrogen) atoms.